The molecule has 1 fully saturated rings. The zero-order valence-corrected chi connectivity index (χ0v) is 26.1. The third-order valence-corrected chi connectivity index (χ3v) is 8.39. The molecule has 1 aliphatic heterocycles. The lowest BCUT2D eigenvalue weighted by atomic mass is 9.72. The number of methoxy groups -OCH3 is 2. The second-order valence-electron chi connectivity index (χ2n) is 11.4. The number of nitrogens with zero attached hydrogens (tertiary/aromatic N) is 1. The van der Waals surface area contributed by atoms with Crippen LogP contribution in [-0.4, -0.2) is 68.4 Å². The number of piperidine rings is 1. The van der Waals surface area contributed by atoms with E-state index in [1.54, 1.807) is 29.2 Å². The molecule has 1 saturated heterocycles. The molecule has 0 radical (unpaired) electrons. The molecule has 0 aliphatic carbocycles. The Morgan fingerprint density at radius 3 is 2.51 bits per heavy atom. The molecule has 0 bridgehead atoms. The van der Waals surface area contributed by atoms with Crippen LogP contribution in [0.2, 0.25) is 0 Å². The van der Waals surface area contributed by atoms with Gasteiger partial charge in [-0.1, -0.05) is 54.1 Å². The molecule has 3 N–H and O–H groups in total. The Kier molecular flexibility index (Phi) is 11.7. The minimum atomic E-state index is -1.49. The summed E-state index contributed by atoms with van der Waals surface area (Å²) in [6, 6.07) is 19.5. The maximum Gasteiger partial charge on any atom is 0.406 e. The molecule has 0 saturated carbocycles. The molecule has 2 amide bonds. The number of hydrogen-bond donors (Lipinski definition) is 3. The lowest BCUT2D eigenvalue weighted by molar-refractivity contribution is -0.139. The molecule has 0 spiro atoms. The Bertz CT molecular complexity index is 1480. The number of benzene rings is 3. The molecule has 0 aromatic heterocycles. The maximum absolute atomic E-state index is 15.6. The fraction of sp³-hybridized carbons (Fsp3) is 0.400. The third-order valence-electron chi connectivity index (χ3n) is 8.39. The highest BCUT2D eigenvalue weighted by atomic mass is 19.1. The van der Waals surface area contributed by atoms with Gasteiger partial charge in [-0.2, -0.15) is 0 Å². The highest BCUT2D eigenvalue weighted by Gasteiger charge is 2.43. The Labute approximate surface area is 263 Å². The minimum absolute atomic E-state index is 0.0882. The fourth-order valence-corrected chi connectivity index (χ4v) is 6.04. The van der Waals surface area contributed by atoms with Gasteiger partial charge in [0.1, 0.15) is 5.82 Å². The summed E-state index contributed by atoms with van der Waals surface area (Å²) >= 11 is 0. The van der Waals surface area contributed by atoms with Crippen molar-refractivity contribution in [3.05, 3.63) is 94.8 Å². The number of halogens is 1. The number of aliphatic hydroxyl groups is 1. The molecule has 240 valence electrons. The summed E-state index contributed by atoms with van der Waals surface area (Å²) in [4.78, 5) is 38.4. The van der Waals surface area contributed by atoms with Crippen molar-refractivity contribution in [2.75, 3.05) is 40.4 Å². The lowest BCUT2D eigenvalue weighted by Gasteiger charge is -2.43. The van der Waals surface area contributed by atoms with E-state index >= 15 is 4.39 Å². The van der Waals surface area contributed by atoms with E-state index < -0.39 is 17.5 Å². The summed E-state index contributed by atoms with van der Waals surface area (Å²) in [5.74, 6) is -1.33. The molecule has 45 heavy (non-hydrogen) atoms. The first-order valence-corrected chi connectivity index (χ1v) is 15.2. The molecule has 9 nitrogen and oxygen atoms in total. The van der Waals surface area contributed by atoms with Gasteiger partial charge in [-0.3, -0.25) is 9.59 Å². The molecule has 2 atom stereocenters. The van der Waals surface area contributed by atoms with Gasteiger partial charge < -0.3 is 30.1 Å². The second kappa shape index (κ2) is 15.6. The van der Waals surface area contributed by atoms with Crippen LogP contribution in [0.15, 0.2) is 66.7 Å². The average Bonchev–Trinajstić information content (AvgIpc) is 3.06. The molecular formula is C35H42FN3O6. The predicted molar refractivity (Wildman–Crippen MR) is 169 cm³/mol. The van der Waals surface area contributed by atoms with Crippen molar-refractivity contribution in [1.29, 1.82) is 0 Å². The van der Waals surface area contributed by atoms with Crippen LogP contribution < -0.4 is 10.6 Å². The Morgan fingerprint density at radius 1 is 1.04 bits per heavy atom. The van der Waals surface area contributed by atoms with Gasteiger partial charge in [-0.15, -0.1) is 0 Å². The number of hydrogen-bond acceptors (Lipinski definition) is 7. The van der Waals surface area contributed by atoms with Crippen LogP contribution in [0.3, 0.4) is 0 Å². The van der Waals surface area contributed by atoms with Gasteiger partial charge in [0, 0.05) is 43.2 Å². The van der Waals surface area contributed by atoms with Gasteiger partial charge in [0.15, 0.2) is 0 Å². The fourth-order valence-electron chi connectivity index (χ4n) is 6.04. The lowest BCUT2D eigenvalue weighted by Crippen LogP contribution is -2.48. The zero-order chi connectivity index (χ0) is 32.4. The van der Waals surface area contributed by atoms with Gasteiger partial charge in [-0.05, 0) is 67.5 Å². The smallest absolute Gasteiger partial charge is 0.406 e. The van der Waals surface area contributed by atoms with Crippen LogP contribution >= 0.6 is 0 Å². The first-order valence-electron chi connectivity index (χ1n) is 15.2. The number of carbonyl (C=O) groups is 3. The molecule has 1 aliphatic rings. The number of alkyl carbamates (subject to hydrolysis) is 1. The number of ether oxygens (including phenoxy) is 2. The number of carbonyl (C=O) groups excluding carboxylic acids is 3. The van der Waals surface area contributed by atoms with Crippen LogP contribution in [-0.2, 0) is 26.4 Å². The largest absolute Gasteiger partial charge is 0.468 e. The number of esters is 1. The van der Waals surface area contributed by atoms with Crippen molar-refractivity contribution < 1.29 is 33.4 Å². The molecule has 1 unspecified atom stereocenters. The zero-order valence-electron chi connectivity index (χ0n) is 26.1. The van der Waals surface area contributed by atoms with Crippen molar-refractivity contribution in [3.8, 4) is 11.1 Å². The quantitative estimate of drug-likeness (QED) is 0.194. The van der Waals surface area contributed by atoms with E-state index in [-0.39, 0.29) is 43.8 Å². The number of likely N-dealkylation sites (tertiary alicyclic amines) is 1. The summed E-state index contributed by atoms with van der Waals surface area (Å²) < 4.78 is 24.9. The summed E-state index contributed by atoms with van der Waals surface area (Å²) in [6.45, 7) is 3.55. The minimum Gasteiger partial charge on any atom is -0.468 e. The van der Waals surface area contributed by atoms with Gasteiger partial charge in [0.25, 0.3) is 5.91 Å². The first-order chi connectivity index (χ1) is 21.7. The normalized spacial score (nSPS) is 16.0. The standard InChI is InChI=1S/C35H42FN3O6/c1-24-8-4-9-27(20-24)32-29(11-5-12-30(32)36)35(43,17-7-18-38-34(42)45-3)28-10-6-19-39(23-28)33(41)26-15-13-25(14-16-26)21-37-22-31(40)44-2/h4-5,8-9,11-16,20,28,37,43H,6-7,10,17-19,21-23H2,1-3H3,(H,38,42)/t28-,35?/m1/s1. The molecule has 3 aromatic rings. The Balaban J connectivity index is 1.59. The topological polar surface area (TPSA) is 117 Å². The number of aryl methyl sites for hydroxylation is 1. The highest BCUT2D eigenvalue weighted by molar-refractivity contribution is 5.94. The van der Waals surface area contributed by atoms with E-state index in [9.17, 15) is 19.5 Å². The van der Waals surface area contributed by atoms with Gasteiger partial charge in [0.2, 0.25) is 0 Å². The van der Waals surface area contributed by atoms with E-state index in [4.69, 9.17) is 0 Å². The maximum atomic E-state index is 15.6. The van der Waals surface area contributed by atoms with Crippen LogP contribution in [0.25, 0.3) is 11.1 Å². The first kappa shape index (κ1) is 33.6. The number of nitrogens with one attached hydrogen (secondary N) is 2. The van der Waals surface area contributed by atoms with Crippen LogP contribution in [0.5, 0.6) is 0 Å². The Morgan fingerprint density at radius 2 is 1.80 bits per heavy atom. The van der Waals surface area contributed by atoms with E-state index in [2.05, 4.69) is 20.1 Å². The summed E-state index contributed by atoms with van der Waals surface area (Å²) in [6.07, 6.45) is 1.39. The predicted octanol–water partition coefficient (Wildman–Crippen LogP) is 4.94. The highest BCUT2D eigenvalue weighted by Crippen LogP contribution is 2.44. The van der Waals surface area contributed by atoms with Crippen molar-refractivity contribution in [2.24, 2.45) is 5.92 Å². The van der Waals surface area contributed by atoms with Gasteiger partial charge >= 0.3 is 12.1 Å². The Hall–Kier alpha value is -4.28. The van der Waals surface area contributed by atoms with E-state index in [1.165, 1.54) is 20.3 Å². The van der Waals surface area contributed by atoms with Crippen LogP contribution in [0.4, 0.5) is 9.18 Å². The van der Waals surface area contributed by atoms with Gasteiger partial charge in [0.05, 0.1) is 26.4 Å². The number of rotatable bonds is 12. The van der Waals surface area contributed by atoms with Crippen LogP contribution in [0, 0.1) is 18.7 Å². The summed E-state index contributed by atoms with van der Waals surface area (Å²) in [5.41, 5.74) is 2.37. The van der Waals surface area contributed by atoms with E-state index in [1.807, 2.05) is 43.3 Å². The molecule has 3 aromatic carbocycles. The van der Waals surface area contributed by atoms with Crippen molar-refractivity contribution in [1.82, 2.24) is 15.5 Å². The third kappa shape index (κ3) is 8.46. The average molecular weight is 620 g/mol. The van der Waals surface area contributed by atoms with Crippen molar-refractivity contribution in [2.45, 2.75) is 44.8 Å². The summed E-state index contributed by atoms with van der Waals surface area (Å²) in [5, 5.41) is 18.3. The van der Waals surface area contributed by atoms with Crippen molar-refractivity contribution >= 4 is 18.0 Å². The molecule has 4 rings (SSSR count). The molecule has 10 heteroatoms. The molecular weight excluding hydrogens is 577 g/mol. The van der Waals surface area contributed by atoms with E-state index in [0.717, 1.165) is 11.1 Å². The molecule has 1 heterocycles. The second-order valence-corrected chi connectivity index (χ2v) is 11.4. The van der Waals surface area contributed by atoms with Crippen molar-refractivity contribution in [3.63, 3.8) is 0 Å². The van der Waals surface area contributed by atoms with Gasteiger partial charge in [-0.25, -0.2) is 9.18 Å². The number of amides is 2. The summed E-state index contributed by atoms with van der Waals surface area (Å²) in [7, 11) is 2.62. The monoisotopic (exact) mass is 619 g/mol. The van der Waals surface area contributed by atoms with E-state index in [0.29, 0.717) is 54.6 Å². The SMILES string of the molecule is COC(=O)CNCc1ccc(C(=O)N2CCC[C@@H](C(O)(CCCNC(=O)OC)c3cccc(F)c3-c3cccc(C)c3)C2)cc1. The van der Waals surface area contributed by atoms with Crippen LogP contribution in [0.1, 0.15) is 52.7 Å².